The highest BCUT2D eigenvalue weighted by Crippen LogP contribution is 2.33. The maximum atomic E-state index is 12.4. The number of hydrogen-bond donors (Lipinski definition) is 2. The van der Waals surface area contributed by atoms with Crippen LogP contribution in [0.5, 0.6) is 5.75 Å². The summed E-state index contributed by atoms with van der Waals surface area (Å²) in [5, 5.41) is 19.6. The summed E-state index contributed by atoms with van der Waals surface area (Å²) >= 11 is 0. The highest BCUT2D eigenvalue weighted by molar-refractivity contribution is 5.93. The van der Waals surface area contributed by atoms with Crippen LogP contribution in [0, 0.1) is 6.92 Å². The molecule has 2 heterocycles. The van der Waals surface area contributed by atoms with Crippen LogP contribution in [0.1, 0.15) is 34.5 Å². The minimum Gasteiger partial charge on any atom is -0.496 e. The van der Waals surface area contributed by atoms with Gasteiger partial charge in [0.2, 0.25) is 0 Å². The number of aromatic nitrogens is 3. The number of hydrogen-bond acceptors (Lipinski definition) is 8. The highest BCUT2D eigenvalue weighted by atomic mass is 19.4. The second-order valence-electron chi connectivity index (χ2n) is 6.84. The van der Waals surface area contributed by atoms with E-state index in [0.29, 0.717) is 29.2 Å². The lowest BCUT2D eigenvalue weighted by Gasteiger charge is -2.35. The van der Waals surface area contributed by atoms with E-state index >= 15 is 0 Å². The number of nitrogens with one attached hydrogen (secondary N) is 1. The summed E-state index contributed by atoms with van der Waals surface area (Å²) in [4.78, 5) is 14.3. The lowest BCUT2D eigenvalue weighted by atomic mass is 10.0. The fourth-order valence-electron chi connectivity index (χ4n) is 3.29. The molecule has 1 aliphatic rings. The number of methoxy groups -OCH3 is 1. The molecule has 13 heteroatoms. The minimum atomic E-state index is -4.64. The fraction of sp³-hybridized carbons (Fsp3) is 0.444. The SMILES string of the molecule is COc1cc(/C=N/NC(=O)c2cn(O)nn2)cc(N2CCC(OC(F)(F)F)CC2)c1C. The monoisotopic (exact) mass is 442 g/mol. The second kappa shape index (κ2) is 9.20. The van der Waals surface area contributed by atoms with Crippen LogP contribution in [0.3, 0.4) is 0 Å². The van der Waals surface area contributed by atoms with Crippen molar-refractivity contribution in [3.63, 3.8) is 0 Å². The summed E-state index contributed by atoms with van der Waals surface area (Å²) in [5.74, 6) is -0.0928. The Bertz CT molecular complexity index is 954. The van der Waals surface area contributed by atoms with Crippen LogP contribution in [-0.2, 0) is 4.74 Å². The molecule has 1 amide bonds. The van der Waals surface area contributed by atoms with Crippen LogP contribution in [0.25, 0.3) is 0 Å². The first kappa shape index (κ1) is 22.3. The van der Waals surface area contributed by atoms with Crippen LogP contribution >= 0.6 is 0 Å². The van der Waals surface area contributed by atoms with E-state index in [2.05, 4.69) is 25.6 Å². The van der Waals surface area contributed by atoms with Gasteiger partial charge in [-0.15, -0.1) is 18.3 Å². The minimum absolute atomic E-state index is 0.120. The molecule has 0 radical (unpaired) electrons. The Morgan fingerprint density at radius 2 is 2.06 bits per heavy atom. The van der Waals surface area contributed by atoms with Crippen molar-refractivity contribution < 1.29 is 32.6 Å². The topological polar surface area (TPSA) is 114 Å². The van der Waals surface area contributed by atoms with Gasteiger partial charge in [-0.05, 0) is 37.1 Å². The normalized spacial score (nSPS) is 15.5. The van der Waals surface area contributed by atoms with E-state index in [1.54, 1.807) is 6.07 Å². The summed E-state index contributed by atoms with van der Waals surface area (Å²) < 4.78 is 46.9. The largest absolute Gasteiger partial charge is 0.522 e. The molecule has 1 saturated heterocycles. The van der Waals surface area contributed by atoms with Crippen LogP contribution in [-0.4, -0.2) is 65.2 Å². The van der Waals surface area contributed by atoms with E-state index in [1.165, 1.54) is 13.3 Å². The lowest BCUT2D eigenvalue weighted by Crippen LogP contribution is -2.39. The third-order valence-corrected chi connectivity index (χ3v) is 4.75. The Kier molecular flexibility index (Phi) is 6.63. The van der Waals surface area contributed by atoms with Gasteiger partial charge >= 0.3 is 6.36 Å². The molecule has 0 atom stereocenters. The second-order valence-corrected chi connectivity index (χ2v) is 6.84. The molecular weight excluding hydrogens is 421 g/mol. The van der Waals surface area contributed by atoms with E-state index in [-0.39, 0.29) is 18.5 Å². The van der Waals surface area contributed by atoms with Gasteiger partial charge in [-0.25, -0.2) is 5.43 Å². The maximum absolute atomic E-state index is 12.4. The Morgan fingerprint density at radius 3 is 2.65 bits per heavy atom. The van der Waals surface area contributed by atoms with Gasteiger partial charge < -0.3 is 14.8 Å². The predicted molar refractivity (Wildman–Crippen MR) is 102 cm³/mol. The third-order valence-electron chi connectivity index (χ3n) is 4.75. The molecule has 168 valence electrons. The number of anilines is 1. The number of carbonyl (C=O) groups excluding carboxylic acids is 1. The number of benzene rings is 1. The standard InChI is InChI=1S/C18H21F3N6O4/c1-11-15(26-5-3-13(4-6-26)31-18(19,20)21)7-12(8-16(11)30-2)9-22-24-17(28)14-10-27(29)25-23-14/h7-10,13,29H,3-6H2,1-2H3,(H,24,28)/b22-9+. The van der Waals surface area contributed by atoms with Gasteiger partial charge in [0.1, 0.15) is 5.75 Å². The zero-order valence-electron chi connectivity index (χ0n) is 16.8. The van der Waals surface area contributed by atoms with E-state index in [9.17, 15) is 18.0 Å². The van der Waals surface area contributed by atoms with Gasteiger partial charge in [0.05, 0.1) is 25.6 Å². The fourth-order valence-corrected chi connectivity index (χ4v) is 3.29. The summed E-state index contributed by atoms with van der Waals surface area (Å²) in [5.41, 5.74) is 4.38. The number of piperidine rings is 1. The number of alkyl halides is 3. The summed E-state index contributed by atoms with van der Waals surface area (Å²) in [6.45, 7) is 2.63. The molecule has 0 saturated carbocycles. The molecular formula is C18H21F3N6O4. The van der Waals surface area contributed by atoms with Crippen molar-refractivity contribution in [2.75, 3.05) is 25.1 Å². The number of ether oxygens (including phenoxy) is 2. The molecule has 0 unspecified atom stereocenters. The van der Waals surface area contributed by atoms with Crippen LogP contribution in [0.4, 0.5) is 18.9 Å². The van der Waals surface area contributed by atoms with Gasteiger partial charge in [0.15, 0.2) is 5.69 Å². The first-order valence-corrected chi connectivity index (χ1v) is 9.29. The average Bonchev–Trinajstić information content (AvgIpc) is 3.15. The Balaban J connectivity index is 1.70. The van der Waals surface area contributed by atoms with Crippen molar-refractivity contribution in [3.8, 4) is 5.75 Å². The van der Waals surface area contributed by atoms with Gasteiger partial charge in [0.25, 0.3) is 5.91 Å². The van der Waals surface area contributed by atoms with Crippen LogP contribution in [0.2, 0.25) is 0 Å². The molecule has 31 heavy (non-hydrogen) atoms. The number of amides is 1. The van der Waals surface area contributed by atoms with E-state index in [0.717, 1.165) is 17.4 Å². The Morgan fingerprint density at radius 1 is 1.35 bits per heavy atom. The van der Waals surface area contributed by atoms with E-state index in [1.807, 2.05) is 17.9 Å². The Hall–Kier alpha value is -3.35. The van der Waals surface area contributed by atoms with Crippen molar-refractivity contribution >= 4 is 17.8 Å². The van der Waals surface area contributed by atoms with Crippen molar-refractivity contribution in [2.45, 2.75) is 32.2 Å². The number of hydrazone groups is 1. The summed E-state index contributed by atoms with van der Waals surface area (Å²) in [6.07, 6.45) is -2.62. The molecule has 1 aliphatic heterocycles. The lowest BCUT2D eigenvalue weighted by molar-refractivity contribution is -0.344. The molecule has 1 aromatic carbocycles. The molecule has 0 bridgehead atoms. The first-order chi connectivity index (χ1) is 14.7. The molecule has 1 aromatic heterocycles. The van der Waals surface area contributed by atoms with Crippen molar-refractivity contribution in [1.82, 2.24) is 20.6 Å². The molecule has 1 fully saturated rings. The smallest absolute Gasteiger partial charge is 0.496 e. The molecule has 0 spiro atoms. The molecule has 3 rings (SSSR count). The zero-order chi connectivity index (χ0) is 22.6. The Labute approximate surface area is 175 Å². The summed E-state index contributed by atoms with van der Waals surface area (Å²) in [6, 6.07) is 3.53. The van der Waals surface area contributed by atoms with Crippen LogP contribution < -0.4 is 15.1 Å². The number of carbonyl (C=O) groups is 1. The molecule has 2 aromatic rings. The van der Waals surface area contributed by atoms with Crippen molar-refractivity contribution in [3.05, 3.63) is 35.2 Å². The first-order valence-electron chi connectivity index (χ1n) is 9.29. The predicted octanol–water partition coefficient (Wildman–Crippen LogP) is 2.10. The van der Waals surface area contributed by atoms with Crippen molar-refractivity contribution in [2.24, 2.45) is 5.10 Å². The van der Waals surface area contributed by atoms with Crippen molar-refractivity contribution in [1.29, 1.82) is 0 Å². The molecule has 2 N–H and O–H groups in total. The highest BCUT2D eigenvalue weighted by Gasteiger charge is 2.35. The van der Waals surface area contributed by atoms with Gasteiger partial charge in [-0.2, -0.15) is 5.10 Å². The average molecular weight is 442 g/mol. The van der Waals surface area contributed by atoms with Gasteiger partial charge in [0, 0.05) is 29.9 Å². The molecule has 0 aliphatic carbocycles. The van der Waals surface area contributed by atoms with Crippen LogP contribution in [0.15, 0.2) is 23.4 Å². The number of nitrogens with zero attached hydrogens (tertiary/aromatic N) is 5. The number of rotatable bonds is 6. The van der Waals surface area contributed by atoms with E-state index in [4.69, 9.17) is 9.94 Å². The summed E-state index contributed by atoms with van der Waals surface area (Å²) in [7, 11) is 1.51. The molecule has 10 nitrogen and oxygen atoms in total. The van der Waals surface area contributed by atoms with E-state index < -0.39 is 18.4 Å². The number of halogens is 3. The zero-order valence-corrected chi connectivity index (χ0v) is 16.8. The van der Waals surface area contributed by atoms with Gasteiger partial charge in [-0.1, -0.05) is 4.85 Å². The van der Waals surface area contributed by atoms with Gasteiger partial charge in [-0.3, -0.25) is 9.53 Å². The maximum Gasteiger partial charge on any atom is 0.522 e. The quantitative estimate of drug-likeness (QED) is 0.400. The third kappa shape index (κ3) is 5.84.